The molecule has 0 N–H and O–H groups in total. The summed E-state index contributed by atoms with van der Waals surface area (Å²) in [6.45, 7) is 3.67. The number of aromatic nitrogens is 2. The van der Waals surface area contributed by atoms with Gasteiger partial charge in [-0.15, -0.1) is 0 Å². The highest BCUT2D eigenvalue weighted by atomic mass is 16.5. The van der Waals surface area contributed by atoms with E-state index in [0.717, 1.165) is 49.6 Å². The fraction of sp³-hybridized carbons (Fsp3) is 0.591. The van der Waals surface area contributed by atoms with Gasteiger partial charge in [-0.25, -0.2) is 0 Å². The van der Waals surface area contributed by atoms with Gasteiger partial charge < -0.3 is 9.42 Å². The average molecular weight is 383 g/mol. The SMILES string of the molecule is Cc1ccc([C@@H](C(=O)N2CCC(Cc3noc(C4CC4)n3)CC2)N(C)C)cc1. The van der Waals surface area contributed by atoms with Gasteiger partial charge in [-0.1, -0.05) is 35.0 Å². The number of nitrogens with zero attached hydrogens (tertiary/aromatic N) is 4. The summed E-state index contributed by atoms with van der Waals surface area (Å²) in [5.74, 6) is 2.87. The van der Waals surface area contributed by atoms with Crippen LogP contribution in [0.3, 0.4) is 0 Å². The number of hydrogen-bond acceptors (Lipinski definition) is 5. The lowest BCUT2D eigenvalue weighted by molar-refractivity contribution is -0.137. The molecule has 1 amide bonds. The van der Waals surface area contributed by atoms with Crippen LogP contribution in [0.5, 0.6) is 0 Å². The number of benzene rings is 1. The van der Waals surface area contributed by atoms with Crippen molar-refractivity contribution < 1.29 is 9.32 Å². The lowest BCUT2D eigenvalue weighted by atomic mass is 9.92. The predicted molar refractivity (Wildman–Crippen MR) is 107 cm³/mol. The fourth-order valence-electron chi connectivity index (χ4n) is 4.05. The Morgan fingerprint density at radius 1 is 1.18 bits per heavy atom. The van der Waals surface area contributed by atoms with Crippen molar-refractivity contribution in [3.63, 3.8) is 0 Å². The van der Waals surface area contributed by atoms with Gasteiger partial charge in [0.1, 0.15) is 6.04 Å². The summed E-state index contributed by atoms with van der Waals surface area (Å²) in [4.78, 5) is 21.8. The Morgan fingerprint density at radius 3 is 2.46 bits per heavy atom. The topological polar surface area (TPSA) is 62.5 Å². The standard InChI is InChI=1S/C22H30N4O2/c1-15-4-6-17(7-5-15)20(25(2)3)22(27)26-12-10-16(11-13-26)14-19-23-21(28-24-19)18-8-9-18/h4-7,16,18,20H,8-14H2,1-3H3/t20-/m0/s1. The largest absolute Gasteiger partial charge is 0.341 e. The number of carbonyl (C=O) groups excluding carboxylic acids is 1. The minimum absolute atomic E-state index is 0.197. The van der Waals surface area contributed by atoms with Crippen molar-refractivity contribution in [2.24, 2.45) is 5.92 Å². The third kappa shape index (κ3) is 4.27. The third-order valence-electron chi connectivity index (χ3n) is 5.95. The van der Waals surface area contributed by atoms with Crippen LogP contribution in [0.25, 0.3) is 0 Å². The number of carbonyl (C=O) groups is 1. The Morgan fingerprint density at radius 2 is 1.86 bits per heavy atom. The molecule has 1 aliphatic heterocycles. The van der Waals surface area contributed by atoms with E-state index < -0.39 is 0 Å². The highest BCUT2D eigenvalue weighted by Gasteiger charge is 2.32. The van der Waals surface area contributed by atoms with E-state index in [4.69, 9.17) is 4.52 Å². The quantitative estimate of drug-likeness (QED) is 0.767. The second-order valence-corrected chi connectivity index (χ2v) is 8.57. The van der Waals surface area contributed by atoms with Gasteiger partial charge in [0.15, 0.2) is 5.82 Å². The first-order valence-corrected chi connectivity index (χ1v) is 10.4. The molecule has 1 saturated heterocycles. The number of rotatable bonds is 6. The van der Waals surface area contributed by atoms with E-state index in [9.17, 15) is 4.79 Å². The predicted octanol–water partition coefficient (Wildman–Crippen LogP) is 3.34. The lowest BCUT2D eigenvalue weighted by Gasteiger charge is -2.36. The summed E-state index contributed by atoms with van der Waals surface area (Å²) < 4.78 is 5.37. The number of amides is 1. The lowest BCUT2D eigenvalue weighted by Crippen LogP contribution is -2.44. The number of aryl methyl sites for hydroxylation is 1. The maximum absolute atomic E-state index is 13.2. The van der Waals surface area contributed by atoms with Crippen molar-refractivity contribution in [1.29, 1.82) is 0 Å². The number of hydrogen-bond donors (Lipinski definition) is 0. The van der Waals surface area contributed by atoms with E-state index in [0.29, 0.717) is 11.8 Å². The first-order chi connectivity index (χ1) is 13.5. The van der Waals surface area contributed by atoms with Gasteiger partial charge in [0.25, 0.3) is 0 Å². The summed E-state index contributed by atoms with van der Waals surface area (Å²) in [5.41, 5.74) is 2.27. The molecule has 2 aliphatic rings. The number of likely N-dealkylation sites (N-methyl/N-ethyl adjacent to an activating group) is 1. The summed E-state index contributed by atoms with van der Waals surface area (Å²) in [6, 6.07) is 8.06. The summed E-state index contributed by atoms with van der Waals surface area (Å²) >= 11 is 0. The molecule has 0 radical (unpaired) electrons. The van der Waals surface area contributed by atoms with Gasteiger partial charge in [-0.05, 0) is 58.2 Å². The van der Waals surface area contributed by atoms with Crippen LogP contribution in [-0.2, 0) is 11.2 Å². The Balaban J connectivity index is 1.34. The monoisotopic (exact) mass is 382 g/mol. The molecule has 2 fully saturated rings. The molecule has 1 atom stereocenters. The first-order valence-electron chi connectivity index (χ1n) is 10.4. The Hall–Kier alpha value is -2.21. The normalized spacial score (nSPS) is 19.2. The fourth-order valence-corrected chi connectivity index (χ4v) is 4.05. The average Bonchev–Trinajstić information content (AvgIpc) is 3.43. The van der Waals surface area contributed by atoms with Crippen LogP contribution in [-0.4, -0.2) is 53.0 Å². The van der Waals surface area contributed by atoms with E-state index in [1.165, 1.54) is 18.4 Å². The molecule has 1 aliphatic carbocycles. The highest BCUT2D eigenvalue weighted by molar-refractivity contribution is 5.83. The highest BCUT2D eigenvalue weighted by Crippen LogP contribution is 2.39. The van der Waals surface area contributed by atoms with Crippen molar-refractivity contribution in [2.75, 3.05) is 27.2 Å². The van der Waals surface area contributed by atoms with E-state index in [2.05, 4.69) is 41.3 Å². The zero-order valence-electron chi connectivity index (χ0n) is 17.1. The van der Waals surface area contributed by atoms with E-state index in [-0.39, 0.29) is 11.9 Å². The van der Waals surface area contributed by atoms with Crippen molar-refractivity contribution in [1.82, 2.24) is 19.9 Å². The van der Waals surface area contributed by atoms with Crippen molar-refractivity contribution in [3.05, 3.63) is 47.1 Å². The molecule has 2 aromatic rings. The van der Waals surface area contributed by atoms with E-state index in [1.807, 2.05) is 23.9 Å². The molecule has 1 aromatic carbocycles. The summed E-state index contributed by atoms with van der Waals surface area (Å²) in [5, 5.41) is 4.15. The molecular weight excluding hydrogens is 352 g/mol. The molecular formula is C22H30N4O2. The second kappa shape index (κ2) is 8.03. The summed E-state index contributed by atoms with van der Waals surface area (Å²) in [6.07, 6.45) is 5.19. The van der Waals surface area contributed by atoms with Crippen LogP contribution in [0.15, 0.2) is 28.8 Å². The third-order valence-corrected chi connectivity index (χ3v) is 5.95. The minimum atomic E-state index is -0.226. The molecule has 4 rings (SSSR count). The number of piperidine rings is 1. The minimum Gasteiger partial charge on any atom is -0.341 e. The maximum Gasteiger partial charge on any atom is 0.244 e. The van der Waals surface area contributed by atoms with Crippen molar-refractivity contribution in [2.45, 2.75) is 51.0 Å². The van der Waals surface area contributed by atoms with Crippen LogP contribution in [0.2, 0.25) is 0 Å². The maximum atomic E-state index is 13.2. The molecule has 1 saturated carbocycles. The molecule has 0 bridgehead atoms. The Kier molecular flexibility index (Phi) is 5.49. The molecule has 150 valence electrons. The van der Waals surface area contributed by atoms with Crippen LogP contribution in [0.1, 0.15) is 60.5 Å². The Bertz CT molecular complexity index is 802. The van der Waals surface area contributed by atoms with Gasteiger partial charge in [-0.3, -0.25) is 9.69 Å². The van der Waals surface area contributed by atoms with Crippen LogP contribution in [0.4, 0.5) is 0 Å². The molecule has 1 aromatic heterocycles. The second-order valence-electron chi connectivity index (χ2n) is 8.57. The van der Waals surface area contributed by atoms with Crippen molar-refractivity contribution >= 4 is 5.91 Å². The molecule has 6 heteroatoms. The zero-order chi connectivity index (χ0) is 19.7. The number of likely N-dealkylation sites (tertiary alicyclic amines) is 1. The summed E-state index contributed by atoms with van der Waals surface area (Å²) in [7, 11) is 3.95. The molecule has 6 nitrogen and oxygen atoms in total. The molecule has 2 heterocycles. The smallest absolute Gasteiger partial charge is 0.244 e. The van der Waals surface area contributed by atoms with E-state index in [1.54, 1.807) is 0 Å². The van der Waals surface area contributed by atoms with Gasteiger partial charge in [0.05, 0.1) is 0 Å². The van der Waals surface area contributed by atoms with Gasteiger partial charge in [0.2, 0.25) is 11.8 Å². The first kappa shape index (κ1) is 19.1. The van der Waals surface area contributed by atoms with Gasteiger partial charge >= 0.3 is 0 Å². The van der Waals surface area contributed by atoms with E-state index >= 15 is 0 Å². The van der Waals surface area contributed by atoms with Gasteiger partial charge in [-0.2, -0.15) is 4.98 Å². The molecule has 28 heavy (non-hydrogen) atoms. The van der Waals surface area contributed by atoms with Crippen LogP contribution >= 0.6 is 0 Å². The van der Waals surface area contributed by atoms with Gasteiger partial charge in [0, 0.05) is 25.4 Å². The Labute approximate surface area is 166 Å². The van der Waals surface area contributed by atoms with Crippen LogP contribution in [0, 0.1) is 12.8 Å². The molecule has 0 unspecified atom stereocenters. The molecule has 0 spiro atoms. The van der Waals surface area contributed by atoms with Crippen LogP contribution < -0.4 is 0 Å². The van der Waals surface area contributed by atoms with Crippen molar-refractivity contribution in [3.8, 4) is 0 Å². The zero-order valence-corrected chi connectivity index (χ0v) is 17.1.